The molecule has 9 heteroatoms. The fourth-order valence-electron chi connectivity index (χ4n) is 3.81. The molecule has 4 unspecified atom stereocenters. The maximum absolute atomic E-state index is 10.4. The van der Waals surface area contributed by atoms with Crippen LogP contribution in [-0.2, 0) is 40.9 Å². The Morgan fingerprint density at radius 2 is 0.537 bits per heavy atom. The summed E-state index contributed by atoms with van der Waals surface area (Å²) in [6.45, 7) is 16.0. The first kappa shape index (κ1) is 49.3. The molecule has 0 aliphatic heterocycles. The molecule has 0 spiro atoms. The van der Waals surface area contributed by atoms with Gasteiger partial charge in [0.2, 0.25) is 0 Å². The third kappa shape index (κ3) is 34.7. The Labute approximate surface area is 266 Å². The Kier molecular flexibility index (Phi) is 44.0. The first-order valence-electron chi connectivity index (χ1n) is 15.8. The summed E-state index contributed by atoms with van der Waals surface area (Å²) in [6, 6.07) is 0. The zero-order chi connectivity index (χ0) is 31.9. The fourth-order valence-corrected chi connectivity index (χ4v) is 3.81. The quantitative estimate of drug-likeness (QED) is 0.0980. The van der Waals surface area contributed by atoms with Gasteiger partial charge >= 0.3 is 23.9 Å². The van der Waals surface area contributed by atoms with Gasteiger partial charge in [-0.05, 0) is 51.4 Å². The second-order valence-corrected chi connectivity index (χ2v) is 10.3. The first-order chi connectivity index (χ1) is 18.9. The third-order valence-electron chi connectivity index (χ3n) is 6.99. The van der Waals surface area contributed by atoms with Crippen molar-refractivity contribution in [3.8, 4) is 0 Å². The van der Waals surface area contributed by atoms with Crippen LogP contribution in [0.25, 0.3) is 0 Å². The maximum Gasteiger partial charge on any atom is 0.306 e. The Balaban J connectivity index is -0.000000139. The van der Waals surface area contributed by atoms with E-state index in [1.807, 2.05) is 27.7 Å². The second kappa shape index (κ2) is 36.6. The van der Waals surface area contributed by atoms with Gasteiger partial charge in [0.25, 0.3) is 0 Å². The van der Waals surface area contributed by atoms with E-state index in [9.17, 15) is 19.2 Å². The molecular formula is C32H64O8Ti. The van der Waals surface area contributed by atoms with Crippen molar-refractivity contribution < 1.29 is 61.3 Å². The number of aliphatic carboxylic acids is 4. The van der Waals surface area contributed by atoms with E-state index < -0.39 is 23.9 Å². The molecule has 8 nitrogen and oxygen atoms in total. The maximum atomic E-state index is 10.4. The van der Waals surface area contributed by atoms with E-state index in [4.69, 9.17) is 20.4 Å². The van der Waals surface area contributed by atoms with Gasteiger partial charge in [-0.15, -0.1) is 0 Å². The summed E-state index contributed by atoms with van der Waals surface area (Å²) in [5.74, 6) is -3.02. The first-order valence-corrected chi connectivity index (χ1v) is 15.8. The van der Waals surface area contributed by atoms with E-state index in [2.05, 4.69) is 27.7 Å². The molecule has 0 radical (unpaired) electrons. The summed E-state index contributed by atoms with van der Waals surface area (Å²) in [5, 5.41) is 34.4. The smallest absolute Gasteiger partial charge is 0.306 e. The van der Waals surface area contributed by atoms with Crippen LogP contribution in [0, 0.1) is 23.7 Å². The van der Waals surface area contributed by atoms with Crippen LogP contribution in [0.1, 0.15) is 158 Å². The van der Waals surface area contributed by atoms with E-state index in [1.165, 1.54) is 0 Å². The van der Waals surface area contributed by atoms with Crippen molar-refractivity contribution in [2.45, 2.75) is 158 Å². The predicted octanol–water partition coefficient (Wildman–Crippen LogP) is 9.15. The molecule has 41 heavy (non-hydrogen) atoms. The van der Waals surface area contributed by atoms with Gasteiger partial charge in [0.1, 0.15) is 0 Å². The molecule has 0 amide bonds. The SMILES string of the molecule is CCCCC(CC)C(=O)O.CCCCC(CC)C(=O)O.CCCCC(CC)C(=O)O.CCCCC(CC)C(=O)O.[Ti]. The molecule has 0 bridgehead atoms. The van der Waals surface area contributed by atoms with E-state index in [-0.39, 0.29) is 45.4 Å². The van der Waals surface area contributed by atoms with Gasteiger partial charge in [-0.25, -0.2) is 0 Å². The van der Waals surface area contributed by atoms with Crippen molar-refractivity contribution in [3.63, 3.8) is 0 Å². The van der Waals surface area contributed by atoms with Gasteiger partial charge in [-0.3, -0.25) is 19.2 Å². The van der Waals surface area contributed by atoms with E-state index in [1.54, 1.807) is 0 Å². The van der Waals surface area contributed by atoms with E-state index >= 15 is 0 Å². The van der Waals surface area contributed by atoms with Crippen LogP contribution in [0.2, 0.25) is 0 Å². The third-order valence-corrected chi connectivity index (χ3v) is 6.99. The summed E-state index contributed by atoms with van der Waals surface area (Å²) in [7, 11) is 0. The number of unbranched alkanes of at least 4 members (excludes halogenated alkanes) is 4. The van der Waals surface area contributed by atoms with Gasteiger partial charge < -0.3 is 20.4 Å². The summed E-state index contributed by atoms with van der Waals surface area (Å²) < 4.78 is 0. The minimum atomic E-state index is -0.643. The molecule has 4 N–H and O–H groups in total. The summed E-state index contributed by atoms with van der Waals surface area (Å²) in [5.41, 5.74) is 0. The van der Waals surface area contributed by atoms with Gasteiger partial charge in [-0.2, -0.15) is 0 Å². The summed E-state index contributed by atoms with van der Waals surface area (Å²) >= 11 is 0. The standard InChI is InChI=1S/4C8H16O2.Ti/c4*1-3-5-6-7(4-2)8(9)10;/h4*7H,3-6H2,1-2H3,(H,9,10);. The number of hydrogen-bond acceptors (Lipinski definition) is 4. The Bertz CT molecular complexity index is 509. The number of rotatable bonds is 20. The topological polar surface area (TPSA) is 149 Å². The molecular weight excluding hydrogens is 560 g/mol. The van der Waals surface area contributed by atoms with Crippen LogP contribution < -0.4 is 0 Å². The monoisotopic (exact) mass is 624 g/mol. The zero-order valence-electron chi connectivity index (χ0n) is 27.5. The Hall–Kier alpha value is -1.41. The molecule has 4 atom stereocenters. The van der Waals surface area contributed by atoms with Crippen molar-refractivity contribution in [2.24, 2.45) is 23.7 Å². The number of carbonyl (C=O) groups is 4. The van der Waals surface area contributed by atoms with Crippen LogP contribution in [0.5, 0.6) is 0 Å². The van der Waals surface area contributed by atoms with Crippen LogP contribution in [-0.4, -0.2) is 44.3 Å². The largest absolute Gasteiger partial charge is 0.481 e. The normalized spacial score (nSPS) is 12.7. The van der Waals surface area contributed by atoms with Crippen molar-refractivity contribution in [2.75, 3.05) is 0 Å². The summed E-state index contributed by atoms with van der Waals surface area (Å²) in [4.78, 5) is 41.7. The van der Waals surface area contributed by atoms with Crippen molar-refractivity contribution >= 4 is 23.9 Å². The van der Waals surface area contributed by atoms with Crippen LogP contribution in [0.15, 0.2) is 0 Å². The van der Waals surface area contributed by atoms with Crippen molar-refractivity contribution in [1.82, 2.24) is 0 Å². The zero-order valence-corrected chi connectivity index (χ0v) is 29.1. The molecule has 0 aliphatic rings. The molecule has 0 fully saturated rings. The van der Waals surface area contributed by atoms with Crippen LogP contribution in [0.3, 0.4) is 0 Å². The Morgan fingerprint density at radius 3 is 0.610 bits per heavy atom. The molecule has 0 rings (SSSR count). The minimum absolute atomic E-state index is 0. The molecule has 0 aromatic carbocycles. The van der Waals surface area contributed by atoms with E-state index in [0.717, 1.165) is 103 Å². The van der Waals surface area contributed by atoms with Gasteiger partial charge in [0, 0.05) is 21.7 Å². The molecule has 0 aliphatic carbocycles. The van der Waals surface area contributed by atoms with Crippen molar-refractivity contribution in [1.29, 1.82) is 0 Å². The van der Waals surface area contributed by atoms with Gasteiger partial charge in [0.15, 0.2) is 0 Å². The summed E-state index contributed by atoms with van der Waals surface area (Å²) in [6.07, 6.45) is 14.9. The van der Waals surface area contributed by atoms with Crippen LogP contribution in [0.4, 0.5) is 0 Å². The predicted molar refractivity (Wildman–Crippen MR) is 164 cm³/mol. The fraction of sp³-hybridized carbons (Fsp3) is 0.875. The molecule has 0 saturated carbocycles. The van der Waals surface area contributed by atoms with Crippen LogP contribution >= 0.6 is 0 Å². The average Bonchev–Trinajstić information content (AvgIpc) is 2.91. The van der Waals surface area contributed by atoms with Gasteiger partial charge in [0.05, 0.1) is 23.7 Å². The van der Waals surface area contributed by atoms with E-state index in [0.29, 0.717) is 0 Å². The molecule has 0 heterocycles. The van der Waals surface area contributed by atoms with Crippen molar-refractivity contribution in [3.05, 3.63) is 0 Å². The number of carboxylic acids is 4. The molecule has 0 aromatic heterocycles. The molecule has 0 saturated heterocycles. The van der Waals surface area contributed by atoms with Gasteiger partial charge in [-0.1, -0.05) is 107 Å². The number of hydrogen-bond donors (Lipinski definition) is 4. The number of carboxylic acid groups (broad SMARTS) is 4. The molecule has 0 aromatic rings. The second-order valence-electron chi connectivity index (χ2n) is 10.3. The average molecular weight is 625 g/mol. The minimum Gasteiger partial charge on any atom is -0.481 e. The Morgan fingerprint density at radius 1 is 0.390 bits per heavy atom. The molecule has 244 valence electrons.